The van der Waals surface area contributed by atoms with Crippen LogP contribution in [0.15, 0.2) is 54.7 Å². The van der Waals surface area contributed by atoms with Gasteiger partial charge < -0.3 is 4.90 Å². The molecule has 3 aromatic rings. The first-order valence-electron chi connectivity index (χ1n) is 7.50. The Bertz CT molecular complexity index is 879. The molecule has 5 heteroatoms. The third-order valence-electron chi connectivity index (χ3n) is 4.20. The smallest absolute Gasteiger partial charge is 0.274 e. The summed E-state index contributed by atoms with van der Waals surface area (Å²) in [6, 6.07) is 13.7. The molecule has 0 N–H and O–H groups in total. The summed E-state index contributed by atoms with van der Waals surface area (Å²) in [7, 11) is 0. The van der Waals surface area contributed by atoms with Gasteiger partial charge in [-0.05, 0) is 36.2 Å². The summed E-state index contributed by atoms with van der Waals surface area (Å²) in [4.78, 5) is 23.1. The van der Waals surface area contributed by atoms with Gasteiger partial charge in [0.05, 0.1) is 23.3 Å². The summed E-state index contributed by atoms with van der Waals surface area (Å²) in [6.07, 6.45) is 2.39. The molecule has 0 saturated carbocycles. The largest absolute Gasteiger partial charge is 0.330 e. The first kappa shape index (κ1) is 13.8. The predicted molar refractivity (Wildman–Crippen MR) is 84.3 cm³/mol. The Morgan fingerprint density at radius 2 is 1.83 bits per heavy atom. The van der Waals surface area contributed by atoms with Crippen molar-refractivity contribution >= 4 is 16.9 Å². The van der Waals surface area contributed by atoms with Gasteiger partial charge in [-0.25, -0.2) is 9.37 Å². The maximum atomic E-state index is 13.0. The number of benzene rings is 2. The van der Waals surface area contributed by atoms with E-state index in [0.717, 1.165) is 17.5 Å². The molecule has 114 valence electrons. The predicted octanol–water partition coefficient (Wildman–Crippen LogP) is 3.36. The van der Waals surface area contributed by atoms with E-state index >= 15 is 0 Å². The van der Waals surface area contributed by atoms with Crippen molar-refractivity contribution in [1.82, 2.24) is 14.9 Å². The van der Waals surface area contributed by atoms with E-state index in [1.165, 1.54) is 18.3 Å². The van der Waals surface area contributed by atoms with Crippen molar-refractivity contribution in [3.05, 3.63) is 71.8 Å². The number of carbonyl (C=O) groups is 1. The molecule has 1 saturated heterocycles. The monoisotopic (exact) mass is 307 g/mol. The maximum absolute atomic E-state index is 13.0. The fraction of sp³-hybridized carbons (Fsp3) is 0.167. The summed E-state index contributed by atoms with van der Waals surface area (Å²) in [6.45, 7) is 0.676. The topological polar surface area (TPSA) is 46.1 Å². The highest BCUT2D eigenvalue weighted by atomic mass is 19.1. The van der Waals surface area contributed by atoms with Crippen molar-refractivity contribution in [3.63, 3.8) is 0 Å². The first-order chi connectivity index (χ1) is 11.2. The molecule has 1 amide bonds. The minimum atomic E-state index is -0.272. The van der Waals surface area contributed by atoms with E-state index < -0.39 is 0 Å². The van der Waals surface area contributed by atoms with Crippen LogP contribution in [0.5, 0.6) is 0 Å². The van der Waals surface area contributed by atoms with Crippen molar-refractivity contribution in [2.45, 2.75) is 12.5 Å². The Kier molecular flexibility index (Phi) is 3.26. The lowest BCUT2D eigenvalue weighted by molar-refractivity contribution is 0.0454. The van der Waals surface area contributed by atoms with Gasteiger partial charge in [0.1, 0.15) is 11.5 Å². The van der Waals surface area contributed by atoms with E-state index in [1.54, 1.807) is 17.0 Å². The van der Waals surface area contributed by atoms with Crippen LogP contribution >= 0.6 is 0 Å². The van der Waals surface area contributed by atoms with Crippen LogP contribution in [0.2, 0.25) is 0 Å². The minimum absolute atomic E-state index is 0.0172. The van der Waals surface area contributed by atoms with Crippen molar-refractivity contribution in [2.24, 2.45) is 0 Å². The Balaban J connectivity index is 1.61. The fourth-order valence-corrected chi connectivity index (χ4v) is 2.87. The van der Waals surface area contributed by atoms with E-state index in [1.807, 2.05) is 24.3 Å². The van der Waals surface area contributed by atoms with Gasteiger partial charge in [0.15, 0.2) is 0 Å². The number of nitrogens with zero attached hydrogens (tertiary/aromatic N) is 3. The second kappa shape index (κ2) is 5.43. The quantitative estimate of drug-likeness (QED) is 0.729. The summed E-state index contributed by atoms with van der Waals surface area (Å²) in [5.74, 6) is -0.407. The molecule has 4 nitrogen and oxygen atoms in total. The van der Waals surface area contributed by atoms with Gasteiger partial charge in [-0.2, -0.15) is 0 Å². The lowest BCUT2D eigenvalue weighted by Crippen LogP contribution is -2.45. The van der Waals surface area contributed by atoms with Crippen molar-refractivity contribution in [2.75, 3.05) is 6.54 Å². The molecule has 23 heavy (non-hydrogen) atoms. The summed E-state index contributed by atoms with van der Waals surface area (Å²) in [5, 5.41) is 0. The number of aromatic nitrogens is 2. The highest BCUT2D eigenvalue weighted by Gasteiger charge is 2.34. The summed E-state index contributed by atoms with van der Waals surface area (Å²) in [5.41, 5.74) is 2.76. The number of carbonyl (C=O) groups excluding carboxylic acids is 1. The van der Waals surface area contributed by atoms with Gasteiger partial charge in [-0.1, -0.05) is 24.3 Å². The second-order valence-electron chi connectivity index (χ2n) is 5.60. The lowest BCUT2D eigenvalue weighted by Gasteiger charge is -2.41. The molecule has 2 aromatic carbocycles. The molecule has 1 atom stereocenters. The molecule has 1 aromatic heterocycles. The van der Waals surface area contributed by atoms with Crippen LogP contribution in [0.25, 0.3) is 11.0 Å². The van der Waals surface area contributed by atoms with Gasteiger partial charge in [-0.3, -0.25) is 9.78 Å². The molecule has 0 radical (unpaired) electrons. The summed E-state index contributed by atoms with van der Waals surface area (Å²) >= 11 is 0. The SMILES string of the molecule is O=C(c1cnc2ccccc2n1)N1CCC1c1ccc(F)cc1. The van der Waals surface area contributed by atoms with Gasteiger partial charge >= 0.3 is 0 Å². The molecule has 0 aliphatic carbocycles. The molecular weight excluding hydrogens is 293 g/mol. The zero-order valence-corrected chi connectivity index (χ0v) is 12.3. The number of hydrogen-bond donors (Lipinski definition) is 0. The Morgan fingerprint density at radius 1 is 1.09 bits per heavy atom. The van der Waals surface area contributed by atoms with E-state index in [0.29, 0.717) is 17.8 Å². The average Bonchev–Trinajstić information content (AvgIpc) is 2.55. The highest BCUT2D eigenvalue weighted by Crippen LogP contribution is 2.34. The van der Waals surface area contributed by atoms with Gasteiger partial charge in [0, 0.05) is 6.54 Å². The van der Waals surface area contributed by atoms with E-state index in [9.17, 15) is 9.18 Å². The van der Waals surface area contributed by atoms with Crippen molar-refractivity contribution in [3.8, 4) is 0 Å². The van der Waals surface area contributed by atoms with Crippen LogP contribution < -0.4 is 0 Å². The Hall–Kier alpha value is -2.82. The number of hydrogen-bond acceptors (Lipinski definition) is 3. The van der Waals surface area contributed by atoms with Crippen LogP contribution in [0.1, 0.15) is 28.5 Å². The summed E-state index contributed by atoms with van der Waals surface area (Å²) < 4.78 is 13.0. The van der Waals surface area contributed by atoms with Gasteiger partial charge in [0.25, 0.3) is 5.91 Å². The average molecular weight is 307 g/mol. The van der Waals surface area contributed by atoms with Gasteiger partial charge in [0.2, 0.25) is 0 Å². The van der Waals surface area contributed by atoms with E-state index in [4.69, 9.17) is 0 Å². The maximum Gasteiger partial charge on any atom is 0.274 e. The molecule has 1 fully saturated rings. The normalized spacial score (nSPS) is 17.1. The number of amides is 1. The zero-order chi connectivity index (χ0) is 15.8. The minimum Gasteiger partial charge on any atom is -0.330 e. The highest BCUT2D eigenvalue weighted by molar-refractivity contribution is 5.94. The molecule has 2 heterocycles. The number of likely N-dealkylation sites (tertiary alicyclic amines) is 1. The van der Waals surface area contributed by atoms with Crippen LogP contribution in [0.3, 0.4) is 0 Å². The molecule has 4 rings (SSSR count). The molecule has 0 bridgehead atoms. The molecular formula is C18H14FN3O. The van der Waals surface area contributed by atoms with Crippen LogP contribution in [-0.2, 0) is 0 Å². The second-order valence-corrected chi connectivity index (χ2v) is 5.60. The zero-order valence-electron chi connectivity index (χ0n) is 12.3. The van der Waals surface area contributed by atoms with Crippen LogP contribution in [-0.4, -0.2) is 27.3 Å². The number of rotatable bonds is 2. The Morgan fingerprint density at radius 3 is 2.52 bits per heavy atom. The number of para-hydroxylation sites is 2. The molecule has 1 aliphatic rings. The van der Waals surface area contributed by atoms with Crippen molar-refractivity contribution < 1.29 is 9.18 Å². The Labute approximate surface area is 132 Å². The fourth-order valence-electron chi connectivity index (χ4n) is 2.87. The van der Waals surface area contributed by atoms with Crippen LogP contribution in [0, 0.1) is 5.82 Å². The van der Waals surface area contributed by atoms with E-state index in [2.05, 4.69) is 9.97 Å². The lowest BCUT2D eigenvalue weighted by atomic mass is 9.94. The number of halogens is 1. The first-order valence-corrected chi connectivity index (χ1v) is 7.50. The molecule has 1 unspecified atom stereocenters. The third kappa shape index (κ3) is 2.44. The van der Waals surface area contributed by atoms with Crippen molar-refractivity contribution in [1.29, 1.82) is 0 Å². The number of fused-ring (bicyclic) bond motifs is 1. The standard InChI is InChI=1S/C18H14FN3O/c19-13-7-5-12(6-8-13)17-9-10-22(17)18(23)16-11-20-14-3-1-2-4-15(14)21-16/h1-8,11,17H,9-10H2. The van der Waals surface area contributed by atoms with Crippen LogP contribution in [0.4, 0.5) is 4.39 Å². The third-order valence-corrected chi connectivity index (χ3v) is 4.20. The molecule has 1 aliphatic heterocycles. The molecule has 0 spiro atoms. The van der Waals surface area contributed by atoms with Gasteiger partial charge in [-0.15, -0.1) is 0 Å². The van der Waals surface area contributed by atoms with E-state index in [-0.39, 0.29) is 17.8 Å².